The van der Waals surface area contributed by atoms with Gasteiger partial charge in [-0.15, -0.1) is 24.9 Å². The second kappa shape index (κ2) is 13.9. The van der Waals surface area contributed by atoms with Crippen LogP contribution in [0.2, 0.25) is 0 Å². The van der Waals surface area contributed by atoms with E-state index >= 15 is 0 Å². The quantitative estimate of drug-likeness (QED) is 0.178. The first-order valence-corrected chi connectivity index (χ1v) is 15.6. The molecule has 3 saturated heterocycles. The second-order valence-corrected chi connectivity index (χ2v) is 12.9. The van der Waals surface area contributed by atoms with Gasteiger partial charge >= 0.3 is 5.97 Å². The Morgan fingerprint density at radius 3 is 2.60 bits per heavy atom. The van der Waals surface area contributed by atoms with Crippen LogP contribution in [0.3, 0.4) is 0 Å². The highest BCUT2D eigenvalue weighted by Gasteiger charge is 2.76. The predicted octanol–water partition coefficient (Wildman–Crippen LogP) is 4.60. The van der Waals surface area contributed by atoms with Gasteiger partial charge in [-0.3, -0.25) is 14.4 Å². The molecule has 8 heteroatoms. The molecule has 1 N–H and O–H groups in total. The van der Waals surface area contributed by atoms with Crippen molar-refractivity contribution in [3.8, 4) is 0 Å². The number of aliphatic hydroxyl groups excluding tert-OH is 1. The highest BCUT2D eigenvalue weighted by atomic mass is 32.2. The fourth-order valence-electron chi connectivity index (χ4n) is 6.92. The molecule has 0 saturated carbocycles. The Morgan fingerprint density at radius 2 is 1.90 bits per heavy atom. The number of unbranched alkanes of at least 4 members (excludes halogenated alkanes) is 4. The van der Waals surface area contributed by atoms with E-state index in [0.717, 1.165) is 44.1 Å². The highest BCUT2D eigenvalue weighted by molar-refractivity contribution is 8.02. The molecular weight excluding hydrogens is 524 g/mol. The Hall–Kier alpha value is -2.58. The van der Waals surface area contributed by atoms with E-state index in [9.17, 15) is 19.5 Å². The number of fused-ring (bicyclic) bond motifs is 1. The van der Waals surface area contributed by atoms with Crippen molar-refractivity contribution in [2.75, 3.05) is 26.3 Å². The minimum absolute atomic E-state index is 0.0279. The number of hydrogen-bond acceptors (Lipinski definition) is 6. The third-order valence-corrected chi connectivity index (χ3v) is 10.8. The lowest BCUT2D eigenvalue weighted by Gasteiger charge is -2.40. The van der Waals surface area contributed by atoms with Crippen LogP contribution in [-0.4, -0.2) is 75.0 Å². The number of ether oxygens (including phenoxy) is 1. The minimum atomic E-state index is -0.662. The third-order valence-electron chi connectivity index (χ3n) is 8.73. The van der Waals surface area contributed by atoms with Crippen molar-refractivity contribution >= 4 is 29.5 Å². The number of esters is 1. The summed E-state index contributed by atoms with van der Waals surface area (Å²) >= 11 is 1.68. The van der Waals surface area contributed by atoms with Crippen LogP contribution in [0.1, 0.15) is 57.4 Å². The molecule has 1 aromatic carbocycles. The molecule has 4 rings (SSSR count). The Balaban J connectivity index is 1.65. The summed E-state index contributed by atoms with van der Waals surface area (Å²) in [6, 6.07) is 9.23. The number of hydrogen-bond donors (Lipinski definition) is 1. The molecule has 1 aromatic rings. The molecule has 3 heterocycles. The topological polar surface area (TPSA) is 87.1 Å². The van der Waals surface area contributed by atoms with Gasteiger partial charge in [0.25, 0.3) is 0 Å². The summed E-state index contributed by atoms with van der Waals surface area (Å²) in [6.07, 6.45) is 9.00. The fraction of sp³-hybridized carbons (Fsp3) is 0.594. The molecule has 0 radical (unpaired) electrons. The van der Waals surface area contributed by atoms with Gasteiger partial charge in [0.15, 0.2) is 0 Å². The van der Waals surface area contributed by atoms with Crippen molar-refractivity contribution in [1.82, 2.24) is 9.80 Å². The van der Waals surface area contributed by atoms with Crippen molar-refractivity contribution in [3.05, 3.63) is 61.2 Å². The molecule has 40 heavy (non-hydrogen) atoms. The van der Waals surface area contributed by atoms with Gasteiger partial charge in [0.05, 0.1) is 23.2 Å². The first kappa shape index (κ1) is 30.4. The van der Waals surface area contributed by atoms with E-state index in [2.05, 4.69) is 20.1 Å². The fourth-order valence-corrected chi connectivity index (χ4v) is 9.32. The first-order valence-electron chi connectivity index (χ1n) is 14.7. The van der Waals surface area contributed by atoms with Crippen LogP contribution < -0.4 is 0 Å². The molecule has 0 aromatic heterocycles. The zero-order valence-corrected chi connectivity index (χ0v) is 24.5. The maximum atomic E-state index is 14.5. The van der Waals surface area contributed by atoms with Crippen LogP contribution in [0.15, 0.2) is 55.6 Å². The smallest absolute Gasteiger partial charge is 0.310 e. The normalized spacial score (nSPS) is 28.4. The Labute approximate surface area is 243 Å². The van der Waals surface area contributed by atoms with Crippen molar-refractivity contribution in [2.45, 2.75) is 74.5 Å². The van der Waals surface area contributed by atoms with Crippen molar-refractivity contribution in [2.24, 2.45) is 17.8 Å². The SMILES string of the molecule is C=CCCCOC(=O)[C@@H]1[C@H]2C(=O)N(CCCCCCO)C(C(=O)N(CC=C)Cc3ccccc3)C23S[C@@H]1CC3C. The number of thioether (sulfide) groups is 1. The number of amides is 2. The summed E-state index contributed by atoms with van der Waals surface area (Å²) in [6.45, 7) is 11.5. The number of nitrogens with zero attached hydrogens (tertiary/aromatic N) is 2. The number of benzene rings is 1. The predicted molar refractivity (Wildman–Crippen MR) is 158 cm³/mol. The Bertz CT molecular complexity index is 1060. The van der Waals surface area contributed by atoms with Crippen LogP contribution in [0.25, 0.3) is 0 Å². The summed E-state index contributed by atoms with van der Waals surface area (Å²) in [7, 11) is 0. The second-order valence-electron chi connectivity index (χ2n) is 11.3. The van der Waals surface area contributed by atoms with Crippen LogP contribution in [0.4, 0.5) is 0 Å². The molecule has 2 amide bonds. The van der Waals surface area contributed by atoms with Gasteiger partial charge in [-0.2, -0.15) is 0 Å². The molecule has 3 unspecified atom stereocenters. The van der Waals surface area contributed by atoms with E-state index in [0.29, 0.717) is 32.7 Å². The largest absolute Gasteiger partial charge is 0.465 e. The van der Waals surface area contributed by atoms with E-state index in [1.807, 2.05) is 30.3 Å². The molecular formula is C32H44N2O5S. The van der Waals surface area contributed by atoms with Gasteiger partial charge in [-0.25, -0.2) is 0 Å². The molecule has 3 aliphatic heterocycles. The van der Waals surface area contributed by atoms with Crippen LogP contribution in [0.5, 0.6) is 0 Å². The molecule has 2 bridgehead atoms. The standard InChI is InChI=1S/C32H44N2O5S/c1-4-6-14-20-39-31(38)26-25-21-23(3)32(40-25)27(26)29(36)34(18-12-7-8-13-19-35)28(32)30(37)33(17-5-2)22-24-15-10-9-11-16-24/h4-5,9-11,15-16,23,25-28,35H,1-2,6-8,12-14,17-22H2,3H3/t23?,25-,26+,27+,28?,32?/m1/s1. The number of likely N-dealkylation sites (tertiary alicyclic amines) is 1. The average Bonchev–Trinajstić information content (AvgIpc) is 3.54. The van der Waals surface area contributed by atoms with Crippen LogP contribution in [0, 0.1) is 17.8 Å². The maximum absolute atomic E-state index is 14.5. The summed E-state index contributed by atoms with van der Waals surface area (Å²) in [4.78, 5) is 45.8. The number of carbonyl (C=O) groups excluding carboxylic acids is 3. The van der Waals surface area contributed by atoms with E-state index in [-0.39, 0.29) is 35.6 Å². The number of carbonyl (C=O) groups is 3. The zero-order valence-electron chi connectivity index (χ0n) is 23.7. The molecule has 218 valence electrons. The summed E-state index contributed by atoms with van der Waals surface area (Å²) in [5.74, 6) is -1.46. The minimum Gasteiger partial charge on any atom is -0.465 e. The summed E-state index contributed by atoms with van der Waals surface area (Å²) < 4.78 is 5.03. The number of rotatable bonds is 16. The van der Waals surface area contributed by atoms with Gasteiger partial charge in [0.2, 0.25) is 11.8 Å². The highest BCUT2D eigenvalue weighted by Crippen LogP contribution is 2.68. The average molecular weight is 569 g/mol. The van der Waals surface area contributed by atoms with E-state index < -0.39 is 22.6 Å². The van der Waals surface area contributed by atoms with Crippen molar-refractivity contribution < 1.29 is 24.2 Å². The van der Waals surface area contributed by atoms with Crippen molar-refractivity contribution in [1.29, 1.82) is 0 Å². The molecule has 7 nitrogen and oxygen atoms in total. The molecule has 3 aliphatic rings. The lowest BCUT2D eigenvalue weighted by Crippen LogP contribution is -2.57. The molecule has 3 fully saturated rings. The van der Waals surface area contributed by atoms with Gasteiger partial charge in [0, 0.05) is 31.5 Å². The van der Waals surface area contributed by atoms with Crippen LogP contribution in [-0.2, 0) is 25.7 Å². The lowest BCUT2D eigenvalue weighted by atomic mass is 9.66. The summed E-state index contributed by atoms with van der Waals surface area (Å²) in [5.41, 5.74) is 1.02. The van der Waals surface area contributed by atoms with E-state index in [4.69, 9.17) is 4.74 Å². The molecule has 0 aliphatic carbocycles. The maximum Gasteiger partial charge on any atom is 0.310 e. The van der Waals surface area contributed by atoms with Crippen molar-refractivity contribution in [3.63, 3.8) is 0 Å². The van der Waals surface area contributed by atoms with E-state index in [1.165, 1.54) is 0 Å². The third kappa shape index (κ3) is 5.89. The zero-order chi connectivity index (χ0) is 28.7. The van der Waals surface area contributed by atoms with Crippen LogP contribution >= 0.6 is 11.8 Å². The Kier molecular flexibility index (Phi) is 10.5. The number of allylic oxidation sites excluding steroid dienone is 1. The molecule has 1 spiro atoms. The lowest BCUT2D eigenvalue weighted by molar-refractivity contribution is -0.154. The van der Waals surface area contributed by atoms with Gasteiger partial charge in [0.1, 0.15) is 6.04 Å². The van der Waals surface area contributed by atoms with Gasteiger partial charge in [-0.1, -0.05) is 62.2 Å². The number of aliphatic hydroxyl groups is 1. The van der Waals surface area contributed by atoms with Gasteiger partial charge < -0.3 is 19.6 Å². The molecule has 6 atom stereocenters. The Morgan fingerprint density at radius 1 is 1.15 bits per heavy atom. The summed E-state index contributed by atoms with van der Waals surface area (Å²) in [5, 5.41) is 9.15. The first-order chi connectivity index (χ1) is 19.4. The monoisotopic (exact) mass is 568 g/mol. The van der Waals surface area contributed by atoms with Gasteiger partial charge in [-0.05, 0) is 43.6 Å². The van der Waals surface area contributed by atoms with E-state index in [1.54, 1.807) is 33.7 Å².